The van der Waals surface area contributed by atoms with Crippen LogP contribution in [0.5, 0.6) is 0 Å². The standard InChI is InChI=1S/C29H28N4OS/c1-18-10-13-22(14-11-18)17-33-21(4)25(28-31-27(32-34-28)23-8-6-5-7-9-23)26(30-29(33)35)24-15-12-19(2)20(3)16-24/h5-16,26H,17H2,1-4H3,(H,30,35). The third kappa shape index (κ3) is 4.62. The molecule has 3 aromatic carbocycles. The van der Waals surface area contributed by atoms with Crippen LogP contribution in [-0.4, -0.2) is 20.2 Å². The lowest BCUT2D eigenvalue weighted by Gasteiger charge is -2.37. The SMILES string of the molecule is CC1=C(c2nc(-c3ccccc3)no2)C(c2ccc(C)c(C)c2)NC(=S)N1Cc1ccc(C)cc1. The van der Waals surface area contributed by atoms with Gasteiger partial charge in [-0.15, -0.1) is 0 Å². The number of aryl methyl sites for hydroxylation is 3. The summed E-state index contributed by atoms with van der Waals surface area (Å²) in [5.74, 6) is 1.06. The number of benzene rings is 3. The van der Waals surface area contributed by atoms with E-state index in [0.717, 1.165) is 22.4 Å². The molecule has 0 saturated heterocycles. The lowest BCUT2D eigenvalue weighted by molar-refractivity contribution is 0.396. The minimum atomic E-state index is -0.194. The van der Waals surface area contributed by atoms with Crippen LogP contribution in [-0.2, 0) is 6.54 Å². The molecule has 1 atom stereocenters. The first kappa shape index (κ1) is 23.0. The maximum atomic E-state index is 5.86. The topological polar surface area (TPSA) is 54.2 Å². The van der Waals surface area contributed by atoms with E-state index in [0.29, 0.717) is 23.4 Å². The van der Waals surface area contributed by atoms with Gasteiger partial charge in [0.25, 0.3) is 5.89 Å². The molecule has 0 bridgehead atoms. The molecule has 0 radical (unpaired) electrons. The van der Waals surface area contributed by atoms with E-state index in [1.165, 1.54) is 22.3 Å². The lowest BCUT2D eigenvalue weighted by atomic mass is 9.92. The zero-order valence-corrected chi connectivity index (χ0v) is 21.2. The van der Waals surface area contributed by atoms with Gasteiger partial charge in [0, 0.05) is 17.8 Å². The van der Waals surface area contributed by atoms with E-state index >= 15 is 0 Å². The van der Waals surface area contributed by atoms with Gasteiger partial charge in [-0.3, -0.25) is 0 Å². The highest BCUT2D eigenvalue weighted by Crippen LogP contribution is 2.38. The predicted molar refractivity (Wildman–Crippen MR) is 143 cm³/mol. The van der Waals surface area contributed by atoms with E-state index < -0.39 is 0 Å². The first-order valence-electron chi connectivity index (χ1n) is 11.7. The minimum absolute atomic E-state index is 0.194. The maximum absolute atomic E-state index is 5.86. The Kier molecular flexibility index (Phi) is 6.22. The van der Waals surface area contributed by atoms with Crippen LogP contribution in [0.4, 0.5) is 0 Å². The van der Waals surface area contributed by atoms with Gasteiger partial charge in [0.1, 0.15) is 0 Å². The minimum Gasteiger partial charge on any atom is -0.351 e. The molecule has 0 amide bonds. The molecule has 0 aliphatic carbocycles. The van der Waals surface area contributed by atoms with Crippen LogP contribution in [0.2, 0.25) is 0 Å². The molecule has 2 heterocycles. The van der Waals surface area contributed by atoms with Gasteiger partial charge < -0.3 is 14.7 Å². The Balaban J connectivity index is 1.60. The Morgan fingerprint density at radius 3 is 2.37 bits per heavy atom. The largest absolute Gasteiger partial charge is 0.351 e. The zero-order valence-electron chi connectivity index (χ0n) is 20.4. The summed E-state index contributed by atoms with van der Waals surface area (Å²) in [6, 6.07) is 24.7. The van der Waals surface area contributed by atoms with Crippen LogP contribution in [0.25, 0.3) is 17.0 Å². The highest BCUT2D eigenvalue weighted by atomic mass is 32.1. The molecule has 0 fully saturated rings. The van der Waals surface area contributed by atoms with Crippen molar-refractivity contribution in [3.8, 4) is 11.4 Å². The van der Waals surface area contributed by atoms with E-state index in [-0.39, 0.29) is 6.04 Å². The Morgan fingerprint density at radius 1 is 0.914 bits per heavy atom. The average molecular weight is 481 g/mol. The monoisotopic (exact) mass is 480 g/mol. The van der Waals surface area contributed by atoms with Crippen molar-refractivity contribution < 1.29 is 4.52 Å². The van der Waals surface area contributed by atoms with Gasteiger partial charge in [0.05, 0.1) is 11.6 Å². The Morgan fingerprint density at radius 2 is 1.66 bits per heavy atom. The third-order valence-electron chi connectivity index (χ3n) is 6.61. The molecule has 35 heavy (non-hydrogen) atoms. The molecular formula is C29H28N4OS. The quantitative estimate of drug-likeness (QED) is 0.328. The van der Waals surface area contributed by atoms with Gasteiger partial charge in [-0.1, -0.05) is 83.5 Å². The van der Waals surface area contributed by atoms with Crippen molar-refractivity contribution in [1.82, 2.24) is 20.4 Å². The Labute approximate surface area is 211 Å². The van der Waals surface area contributed by atoms with E-state index in [4.69, 9.17) is 21.7 Å². The van der Waals surface area contributed by atoms with Crippen molar-refractivity contribution >= 4 is 22.9 Å². The molecule has 1 aromatic heterocycles. The summed E-state index contributed by atoms with van der Waals surface area (Å²) in [7, 11) is 0. The van der Waals surface area contributed by atoms with Gasteiger partial charge in [-0.25, -0.2) is 0 Å². The highest BCUT2D eigenvalue weighted by Gasteiger charge is 2.34. The predicted octanol–water partition coefficient (Wildman–Crippen LogP) is 6.52. The van der Waals surface area contributed by atoms with Crippen molar-refractivity contribution in [2.75, 3.05) is 0 Å². The highest BCUT2D eigenvalue weighted by molar-refractivity contribution is 7.80. The van der Waals surface area contributed by atoms with Gasteiger partial charge in [-0.05, 0) is 62.2 Å². The molecule has 4 aromatic rings. The lowest BCUT2D eigenvalue weighted by Crippen LogP contribution is -2.45. The van der Waals surface area contributed by atoms with Crippen molar-refractivity contribution in [2.45, 2.75) is 40.3 Å². The summed E-state index contributed by atoms with van der Waals surface area (Å²) in [6.07, 6.45) is 0. The van der Waals surface area contributed by atoms with E-state index in [2.05, 4.69) is 85.5 Å². The number of rotatable bonds is 5. The second kappa shape index (κ2) is 9.47. The van der Waals surface area contributed by atoms with E-state index in [9.17, 15) is 0 Å². The summed E-state index contributed by atoms with van der Waals surface area (Å²) in [5.41, 5.74) is 8.85. The summed E-state index contributed by atoms with van der Waals surface area (Å²) < 4.78 is 5.86. The van der Waals surface area contributed by atoms with Gasteiger partial charge in [-0.2, -0.15) is 4.98 Å². The van der Waals surface area contributed by atoms with Crippen LogP contribution < -0.4 is 5.32 Å². The fourth-order valence-corrected chi connectivity index (χ4v) is 4.68. The molecule has 5 nitrogen and oxygen atoms in total. The first-order valence-corrected chi connectivity index (χ1v) is 12.1. The molecule has 1 aliphatic heterocycles. The Bertz CT molecular complexity index is 1410. The second-order valence-corrected chi connectivity index (χ2v) is 9.47. The molecule has 1 aliphatic rings. The molecule has 1 unspecified atom stereocenters. The number of nitrogens with one attached hydrogen (secondary N) is 1. The number of hydrogen-bond donors (Lipinski definition) is 1. The van der Waals surface area contributed by atoms with Gasteiger partial charge in [0.2, 0.25) is 5.82 Å². The molecular weight excluding hydrogens is 452 g/mol. The Hall–Kier alpha value is -3.77. The van der Waals surface area contributed by atoms with Crippen LogP contribution in [0.1, 0.15) is 46.7 Å². The summed E-state index contributed by atoms with van der Waals surface area (Å²) >= 11 is 5.86. The van der Waals surface area contributed by atoms with Crippen molar-refractivity contribution in [2.24, 2.45) is 0 Å². The number of allylic oxidation sites excluding steroid dienone is 1. The number of hydrogen-bond acceptors (Lipinski definition) is 4. The van der Waals surface area contributed by atoms with E-state index in [1.807, 2.05) is 30.3 Å². The van der Waals surface area contributed by atoms with Crippen molar-refractivity contribution in [1.29, 1.82) is 0 Å². The summed E-state index contributed by atoms with van der Waals surface area (Å²) in [6.45, 7) is 9.07. The fourth-order valence-electron chi connectivity index (χ4n) is 4.36. The van der Waals surface area contributed by atoms with Crippen LogP contribution >= 0.6 is 12.2 Å². The molecule has 0 spiro atoms. The van der Waals surface area contributed by atoms with Gasteiger partial charge >= 0.3 is 0 Å². The molecule has 6 heteroatoms. The van der Waals surface area contributed by atoms with Gasteiger partial charge in [0.15, 0.2) is 5.11 Å². The first-order chi connectivity index (χ1) is 16.9. The molecule has 5 rings (SSSR count). The van der Waals surface area contributed by atoms with Crippen LogP contribution in [0.3, 0.4) is 0 Å². The summed E-state index contributed by atoms with van der Waals surface area (Å²) in [5, 5.41) is 8.53. The van der Waals surface area contributed by atoms with Crippen LogP contribution in [0, 0.1) is 20.8 Å². The molecule has 1 N–H and O–H groups in total. The maximum Gasteiger partial charge on any atom is 0.258 e. The smallest absolute Gasteiger partial charge is 0.258 e. The molecule has 176 valence electrons. The second-order valence-electron chi connectivity index (χ2n) is 9.09. The summed E-state index contributed by atoms with van der Waals surface area (Å²) in [4.78, 5) is 6.91. The number of aromatic nitrogens is 2. The fraction of sp³-hybridized carbons (Fsp3) is 0.207. The average Bonchev–Trinajstić information content (AvgIpc) is 3.34. The molecule has 0 saturated carbocycles. The van der Waals surface area contributed by atoms with Crippen molar-refractivity contribution in [3.63, 3.8) is 0 Å². The van der Waals surface area contributed by atoms with Crippen LogP contribution in [0.15, 0.2) is 83.0 Å². The normalized spacial score (nSPS) is 15.9. The number of nitrogens with zero attached hydrogens (tertiary/aromatic N) is 3. The number of thiocarbonyl (C=S) groups is 1. The van der Waals surface area contributed by atoms with E-state index in [1.54, 1.807) is 0 Å². The third-order valence-corrected chi connectivity index (χ3v) is 6.95. The zero-order chi connectivity index (χ0) is 24.5. The van der Waals surface area contributed by atoms with Crippen molar-refractivity contribution in [3.05, 3.63) is 112 Å².